The van der Waals surface area contributed by atoms with Crippen LogP contribution in [0.2, 0.25) is 0 Å². The Bertz CT molecular complexity index is 1380. The zero-order chi connectivity index (χ0) is 24.2. The second-order valence-corrected chi connectivity index (χ2v) is 8.41. The van der Waals surface area contributed by atoms with E-state index in [2.05, 4.69) is 31.7 Å². The molecule has 0 aliphatic carbocycles. The maximum Gasteiger partial charge on any atom is 0.141 e. The molecule has 180 valence electrons. The van der Waals surface area contributed by atoms with Crippen LogP contribution in [0, 0.1) is 0 Å². The Morgan fingerprint density at radius 2 is 2.06 bits per heavy atom. The van der Waals surface area contributed by atoms with Gasteiger partial charge in [0, 0.05) is 65.0 Å². The molecule has 2 N–H and O–H groups in total. The Morgan fingerprint density at radius 1 is 1.20 bits per heavy atom. The summed E-state index contributed by atoms with van der Waals surface area (Å²) in [5.74, 6) is -0.394. The van der Waals surface area contributed by atoms with Gasteiger partial charge in [0.2, 0.25) is 0 Å². The fourth-order valence-electron chi connectivity index (χ4n) is 4.21. The summed E-state index contributed by atoms with van der Waals surface area (Å²) < 4.78 is 11.4. The van der Waals surface area contributed by atoms with E-state index in [0.29, 0.717) is 34.6 Å². The number of H-pyrrole nitrogens is 1. The lowest BCUT2D eigenvalue weighted by molar-refractivity contribution is -0.295. The number of carbonyl (C=O) groups is 1. The highest BCUT2D eigenvalue weighted by atomic mass is 16.5. The van der Waals surface area contributed by atoms with Crippen molar-refractivity contribution in [2.45, 2.75) is 6.42 Å². The highest BCUT2D eigenvalue weighted by Crippen LogP contribution is 2.33. The van der Waals surface area contributed by atoms with Crippen LogP contribution >= 0.6 is 0 Å². The van der Waals surface area contributed by atoms with Crippen molar-refractivity contribution < 1.29 is 19.4 Å². The number of anilines is 2. The fraction of sp³-hybridized carbons (Fsp3) is 0.269. The zero-order valence-corrected chi connectivity index (χ0v) is 19.3. The zero-order valence-electron chi connectivity index (χ0n) is 19.3. The summed E-state index contributed by atoms with van der Waals surface area (Å²) in [6.07, 6.45) is 4.15. The number of nitrogens with zero attached hydrogens (tertiary/aromatic N) is 3. The maximum absolute atomic E-state index is 11.7. The Labute approximate surface area is 202 Å². The van der Waals surface area contributed by atoms with Crippen molar-refractivity contribution in [2.24, 2.45) is 0 Å². The number of nitrogens with one attached hydrogen (secondary N) is 2. The van der Waals surface area contributed by atoms with Crippen molar-refractivity contribution in [2.75, 3.05) is 44.8 Å². The smallest absolute Gasteiger partial charge is 0.141 e. The van der Waals surface area contributed by atoms with Gasteiger partial charge in [-0.25, -0.2) is 9.97 Å². The summed E-state index contributed by atoms with van der Waals surface area (Å²) in [4.78, 5) is 25.9. The number of carboxylic acids is 1. The standard InChI is InChI=1S/C26H27N5O4/c1-17(26(32)33)20-14-21-23(15-24(20)35-10-2-7-31-8-11-34-12-9-31)28-16-29-25(21)30-19-3-4-22-18(13-19)5-6-27-22/h3-6,13-16,27H,1-2,7-12H2,(H,32,33)(H,28,29,30)/p-1. The normalized spacial score (nSPS) is 14.3. The van der Waals surface area contributed by atoms with Gasteiger partial charge in [-0.15, -0.1) is 0 Å². The quantitative estimate of drug-likeness (QED) is 0.282. The first-order chi connectivity index (χ1) is 17.1. The molecule has 35 heavy (non-hydrogen) atoms. The molecule has 1 aliphatic rings. The Balaban J connectivity index is 1.40. The van der Waals surface area contributed by atoms with E-state index in [9.17, 15) is 9.90 Å². The number of morpholine rings is 1. The second kappa shape index (κ2) is 10.1. The second-order valence-electron chi connectivity index (χ2n) is 8.41. The lowest BCUT2D eigenvalue weighted by Crippen LogP contribution is -2.37. The lowest BCUT2D eigenvalue weighted by atomic mass is 10.0. The molecule has 2 aromatic heterocycles. The maximum atomic E-state index is 11.7. The van der Waals surface area contributed by atoms with Crippen LogP contribution in [-0.2, 0) is 9.53 Å². The molecule has 0 unspecified atom stereocenters. The summed E-state index contributed by atoms with van der Waals surface area (Å²) in [7, 11) is 0. The predicted octanol–water partition coefficient (Wildman–Crippen LogP) is 2.72. The van der Waals surface area contributed by atoms with Crippen LogP contribution in [-0.4, -0.2) is 65.3 Å². The van der Waals surface area contributed by atoms with Gasteiger partial charge in [-0.05, 0) is 36.8 Å². The van der Waals surface area contributed by atoms with Gasteiger partial charge < -0.3 is 29.7 Å². The van der Waals surface area contributed by atoms with E-state index >= 15 is 0 Å². The summed E-state index contributed by atoms with van der Waals surface area (Å²) in [6, 6.07) is 11.3. The van der Waals surface area contributed by atoms with Gasteiger partial charge in [0.25, 0.3) is 0 Å². The summed E-state index contributed by atoms with van der Waals surface area (Å²) in [5, 5.41) is 16.7. The van der Waals surface area contributed by atoms with E-state index in [1.807, 2.05) is 30.5 Å². The van der Waals surface area contributed by atoms with E-state index in [1.165, 1.54) is 6.33 Å². The van der Waals surface area contributed by atoms with Gasteiger partial charge in [0.05, 0.1) is 31.3 Å². The molecule has 0 radical (unpaired) electrons. The fourth-order valence-corrected chi connectivity index (χ4v) is 4.21. The molecule has 9 heteroatoms. The number of hydrogen-bond acceptors (Lipinski definition) is 8. The van der Waals surface area contributed by atoms with Crippen LogP contribution in [0.4, 0.5) is 11.5 Å². The molecule has 5 rings (SSSR count). The molecule has 4 aromatic rings. The first-order valence-electron chi connectivity index (χ1n) is 11.5. The number of benzene rings is 2. The SMILES string of the molecule is C=C(C(=O)[O-])c1cc2c(Nc3ccc4[nH]ccc4c3)ncnc2cc1OCCCN1CCOCC1. The van der Waals surface area contributed by atoms with E-state index in [4.69, 9.17) is 9.47 Å². The summed E-state index contributed by atoms with van der Waals surface area (Å²) in [6.45, 7) is 8.34. The van der Waals surface area contributed by atoms with Crippen molar-refractivity contribution in [3.63, 3.8) is 0 Å². The van der Waals surface area contributed by atoms with E-state index in [0.717, 1.165) is 55.9 Å². The van der Waals surface area contributed by atoms with Gasteiger partial charge >= 0.3 is 0 Å². The minimum atomic E-state index is -1.35. The third kappa shape index (κ3) is 5.11. The van der Waals surface area contributed by atoms with Crippen LogP contribution in [0.3, 0.4) is 0 Å². The number of carboxylic acid groups (broad SMARTS) is 1. The predicted molar refractivity (Wildman–Crippen MR) is 133 cm³/mol. The van der Waals surface area contributed by atoms with Crippen molar-refractivity contribution in [1.29, 1.82) is 0 Å². The van der Waals surface area contributed by atoms with Crippen LogP contribution in [0.25, 0.3) is 27.4 Å². The monoisotopic (exact) mass is 472 g/mol. The van der Waals surface area contributed by atoms with Crippen molar-refractivity contribution in [3.05, 3.63) is 61.1 Å². The molecule has 0 atom stereocenters. The summed E-state index contributed by atoms with van der Waals surface area (Å²) >= 11 is 0. The van der Waals surface area contributed by atoms with Crippen LogP contribution in [0.15, 0.2) is 55.5 Å². The molecule has 0 saturated carbocycles. The Kier molecular flexibility index (Phi) is 6.60. The highest BCUT2D eigenvalue weighted by molar-refractivity contribution is 6.15. The van der Waals surface area contributed by atoms with Crippen molar-refractivity contribution in [3.8, 4) is 5.75 Å². The van der Waals surface area contributed by atoms with Crippen molar-refractivity contribution >= 4 is 44.9 Å². The summed E-state index contributed by atoms with van der Waals surface area (Å²) in [5.41, 5.74) is 2.71. The number of rotatable bonds is 9. The van der Waals surface area contributed by atoms with Gasteiger partial charge in [-0.1, -0.05) is 6.58 Å². The number of fused-ring (bicyclic) bond motifs is 2. The minimum Gasteiger partial charge on any atom is -0.545 e. The largest absolute Gasteiger partial charge is 0.545 e. The van der Waals surface area contributed by atoms with Gasteiger partial charge in [0.1, 0.15) is 17.9 Å². The number of carbonyl (C=O) groups excluding carboxylic acids is 1. The average Bonchev–Trinajstić information content (AvgIpc) is 3.34. The first-order valence-corrected chi connectivity index (χ1v) is 11.5. The number of hydrogen-bond donors (Lipinski definition) is 2. The van der Waals surface area contributed by atoms with Crippen LogP contribution in [0.5, 0.6) is 5.75 Å². The average molecular weight is 473 g/mol. The number of aromatic nitrogens is 3. The number of aromatic amines is 1. The van der Waals surface area contributed by atoms with Gasteiger partial charge in [0.15, 0.2) is 0 Å². The number of aliphatic carboxylic acids is 1. The molecule has 0 bridgehead atoms. The minimum absolute atomic E-state index is 0.154. The van der Waals surface area contributed by atoms with E-state index in [-0.39, 0.29) is 5.57 Å². The molecule has 2 aromatic carbocycles. The number of ether oxygens (including phenoxy) is 2. The van der Waals surface area contributed by atoms with Crippen molar-refractivity contribution in [1.82, 2.24) is 19.9 Å². The first kappa shape index (κ1) is 22.8. The van der Waals surface area contributed by atoms with Gasteiger partial charge in [-0.2, -0.15) is 0 Å². The lowest BCUT2D eigenvalue weighted by Gasteiger charge is -2.26. The molecule has 1 fully saturated rings. The molecule has 0 amide bonds. The van der Waals surface area contributed by atoms with E-state index < -0.39 is 5.97 Å². The molecular weight excluding hydrogens is 446 g/mol. The molecule has 9 nitrogen and oxygen atoms in total. The molecular formula is C26H26N5O4-. The van der Waals surface area contributed by atoms with E-state index in [1.54, 1.807) is 12.1 Å². The van der Waals surface area contributed by atoms with Crippen LogP contribution < -0.4 is 15.2 Å². The van der Waals surface area contributed by atoms with Gasteiger partial charge in [-0.3, -0.25) is 4.90 Å². The van der Waals surface area contributed by atoms with Crippen LogP contribution in [0.1, 0.15) is 12.0 Å². The Hall–Kier alpha value is -3.95. The molecule has 0 spiro atoms. The third-order valence-corrected chi connectivity index (χ3v) is 6.10. The topological polar surface area (TPSA) is 115 Å². The molecule has 1 aliphatic heterocycles. The third-order valence-electron chi connectivity index (χ3n) is 6.10. The molecule has 3 heterocycles. The Morgan fingerprint density at radius 3 is 2.89 bits per heavy atom. The molecule has 1 saturated heterocycles. The highest BCUT2D eigenvalue weighted by Gasteiger charge is 2.15.